The van der Waals surface area contributed by atoms with E-state index in [1.165, 1.54) is 22.5 Å². The third kappa shape index (κ3) is 3.79. The second-order valence-corrected chi connectivity index (χ2v) is 6.04. The highest BCUT2D eigenvalue weighted by Crippen LogP contribution is 2.21. The molecule has 1 aromatic heterocycles. The summed E-state index contributed by atoms with van der Waals surface area (Å²) in [5, 5.41) is 4.77. The summed E-state index contributed by atoms with van der Waals surface area (Å²) in [5.41, 5.74) is 1.14. The first kappa shape index (κ1) is 13.5. The molecule has 2 nitrogen and oxygen atoms in total. The summed E-state index contributed by atoms with van der Waals surface area (Å²) in [7, 11) is 0. The summed E-state index contributed by atoms with van der Waals surface area (Å²) < 4.78 is 1.30. The van der Waals surface area contributed by atoms with Gasteiger partial charge in [-0.05, 0) is 31.0 Å². The Morgan fingerprint density at radius 1 is 1.33 bits per heavy atom. The van der Waals surface area contributed by atoms with Gasteiger partial charge >= 0.3 is 0 Å². The van der Waals surface area contributed by atoms with Crippen LogP contribution in [-0.4, -0.2) is 18.1 Å². The minimum absolute atomic E-state index is 0.783. The zero-order valence-electron chi connectivity index (χ0n) is 11.3. The molecular weight excluding hydrogens is 240 g/mol. The molecular formula is C15H22N2S. The zero-order valence-corrected chi connectivity index (χ0v) is 12.1. The van der Waals surface area contributed by atoms with Gasteiger partial charge in [-0.15, -0.1) is 11.3 Å². The molecule has 0 bridgehead atoms. The maximum Gasteiger partial charge on any atom is 0.0951 e. The number of fused-ring (bicyclic) bond motifs is 1. The van der Waals surface area contributed by atoms with Crippen molar-refractivity contribution < 1.29 is 0 Å². The summed E-state index contributed by atoms with van der Waals surface area (Å²) in [5.74, 6) is 0.783. The van der Waals surface area contributed by atoms with Crippen LogP contribution in [0.25, 0.3) is 10.2 Å². The van der Waals surface area contributed by atoms with Gasteiger partial charge in [-0.1, -0.05) is 32.4 Å². The number of para-hydroxylation sites is 1. The van der Waals surface area contributed by atoms with Crippen LogP contribution in [0.3, 0.4) is 0 Å². The largest absolute Gasteiger partial charge is 0.316 e. The van der Waals surface area contributed by atoms with E-state index < -0.39 is 0 Å². The minimum atomic E-state index is 0.783. The van der Waals surface area contributed by atoms with Gasteiger partial charge in [0.15, 0.2) is 0 Å². The van der Waals surface area contributed by atoms with Gasteiger partial charge < -0.3 is 5.32 Å². The van der Waals surface area contributed by atoms with E-state index in [1.807, 2.05) is 11.3 Å². The Morgan fingerprint density at radius 2 is 2.17 bits per heavy atom. The van der Waals surface area contributed by atoms with Crippen LogP contribution in [0.1, 0.15) is 31.7 Å². The molecule has 0 amide bonds. The maximum atomic E-state index is 4.64. The summed E-state index contributed by atoms with van der Waals surface area (Å²) in [4.78, 5) is 4.64. The minimum Gasteiger partial charge on any atom is -0.316 e. The third-order valence-electron chi connectivity index (χ3n) is 3.13. The number of nitrogens with zero attached hydrogens (tertiary/aromatic N) is 1. The Labute approximate surface area is 113 Å². The molecule has 1 heterocycles. The number of benzene rings is 1. The van der Waals surface area contributed by atoms with Crippen molar-refractivity contribution >= 4 is 21.6 Å². The normalized spacial score (nSPS) is 13.0. The summed E-state index contributed by atoms with van der Waals surface area (Å²) in [6.45, 7) is 6.72. The van der Waals surface area contributed by atoms with Crippen LogP contribution in [0.15, 0.2) is 24.3 Å². The quantitative estimate of drug-likeness (QED) is 0.766. The predicted octanol–water partition coefficient (Wildman–Crippen LogP) is 3.86. The Balaban J connectivity index is 1.76. The molecule has 18 heavy (non-hydrogen) atoms. The van der Waals surface area contributed by atoms with Gasteiger partial charge in [-0.3, -0.25) is 0 Å². The SMILES string of the molecule is CCCC(C)CNCCc1nc2ccccc2s1. The predicted molar refractivity (Wildman–Crippen MR) is 80.3 cm³/mol. The maximum absolute atomic E-state index is 4.64. The molecule has 2 aromatic rings. The average molecular weight is 262 g/mol. The van der Waals surface area contributed by atoms with Gasteiger partial charge in [0.25, 0.3) is 0 Å². The van der Waals surface area contributed by atoms with Crippen molar-refractivity contribution in [3.8, 4) is 0 Å². The van der Waals surface area contributed by atoms with Crippen LogP contribution in [0, 0.1) is 5.92 Å². The molecule has 0 aliphatic heterocycles. The molecule has 1 atom stereocenters. The van der Waals surface area contributed by atoms with E-state index >= 15 is 0 Å². The molecule has 0 aliphatic rings. The van der Waals surface area contributed by atoms with Crippen LogP contribution < -0.4 is 5.32 Å². The van der Waals surface area contributed by atoms with E-state index in [0.29, 0.717) is 0 Å². The Morgan fingerprint density at radius 3 is 2.94 bits per heavy atom. The third-order valence-corrected chi connectivity index (χ3v) is 4.22. The first-order chi connectivity index (χ1) is 8.79. The van der Waals surface area contributed by atoms with E-state index in [1.54, 1.807) is 0 Å². The van der Waals surface area contributed by atoms with Gasteiger partial charge in [-0.2, -0.15) is 0 Å². The molecule has 0 spiro atoms. The van der Waals surface area contributed by atoms with Crippen LogP contribution in [0.5, 0.6) is 0 Å². The van der Waals surface area contributed by atoms with Gasteiger partial charge in [0.2, 0.25) is 0 Å². The van der Waals surface area contributed by atoms with Crippen LogP contribution >= 0.6 is 11.3 Å². The van der Waals surface area contributed by atoms with E-state index in [-0.39, 0.29) is 0 Å². The van der Waals surface area contributed by atoms with Crippen molar-refractivity contribution in [1.82, 2.24) is 10.3 Å². The zero-order chi connectivity index (χ0) is 12.8. The first-order valence-electron chi connectivity index (χ1n) is 6.84. The Kier molecular flexibility index (Phi) is 5.14. The van der Waals surface area contributed by atoms with Gasteiger partial charge in [0.05, 0.1) is 15.2 Å². The molecule has 0 saturated carbocycles. The van der Waals surface area contributed by atoms with Crippen molar-refractivity contribution in [2.24, 2.45) is 5.92 Å². The number of hydrogen-bond donors (Lipinski definition) is 1. The molecule has 3 heteroatoms. The lowest BCUT2D eigenvalue weighted by atomic mass is 10.1. The lowest BCUT2D eigenvalue weighted by Crippen LogP contribution is -2.23. The fourth-order valence-electron chi connectivity index (χ4n) is 2.17. The number of rotatable bonds is 7. The fraction of sp³-hybridized carbons (Fsp3) is 0.533. The van der Waals surface area contributed by atoms with Crippen molar-refractivity contribution in [3.05, 3.63) is 29.3 Å². The lowest BCUT2D eigenvalue weighted by molar-refractivity contribution is 0.478. The highest BCUT2D eigenvalue weighted by atomic mass is 32.1. The fourth-order valence-corrected chi connectivity index (χ4v) is 3.13. The monoisotopic (exact) mass is 262 g/mol. The van der Waals surface area contributed by atoms with E-state index in [4.69, 9.17) is 0 Å². The van der Waals surface area contributed by atoms with Gasteiger partial charge in [-0.25, -0.2) is 4.98 Å². The number of hydrogen-bond acceptors (Lipinski definition) is 3. The van der Waals surface area contributed by atoms with Gasteiger partial charge in [0.1, 0.15) is 0 Å². The Bertz CT molecular complexity index is 445. The van der Waals surface area contributed by atoms with Crippen LogP contribution in [0.2, 0.25) is 0 Å². The van der Waals surface area contributed by atoms with Crippen LogP contribution in [-0.2, 0) is 6.42 Å². The highest BCUT2D eigenvalue weighted by Gasteiger charge is 2.03. The van der Waals surface area contributed by atoms with Crippen molar-refractivity contribution in [2.45, 2.75) is 33.1 Å². The number of aromatic nitrogens is 1. The second-order valence-electron chi connectivity index (χ2n) is 4.92. The van der Waals surface area contributed by atoms with E-state index in [2.05, 4.69) is 48.4 Å². The van der Waals surface area contributed by atoms with Crippen LogP contribution in [0.4, 0.5) is 0 Å². The van der Waals surface area contributed by atoms with Gasteiger partial charge in [0, 0.05) is 13.0 Å². The molecule has 0 radical (unpaired) electrons. The average Bonchev–Trinajstić information content (AvgIpc) is 2.77. The first-order valence-corrected chi connectivity index (χ1v) is 7.66. The van der Waals surface area contributed by atoms with E-state index in [0.717, 1.165) is 30.9 Å². The molecule has 1 aromatic carbocycles. The lowest BCUT2D eigenvalue weighted by Gasteiger charge is -2.10. The molecule has 1 N–H and O–H groups in total. The second kappa shape index (κ2) is 6.86. The number of thiazole rings is 1. The van der Waals surface area contributed by atoms with Crippen molar-refractivity contribution in [3.63, 3.8) is 0 Å². The molecule has 1 unspecified atom stereocenters. The molecule has 0 fully saturated rings. The molecule has 2 rings (SSSR count). The topological polar surface area (TPSA) is 24.9 Å². The highest BCUT2D eigenvalue weighted by molar-refractivity contribution is 7.18. The molecule has 98 valence electrons. The molecule has 0 aliphatic carbocycles. The number of nitrogens with one attached hydrogen (secondary N) is 1. The summed E-state index contributed by atoms with van der Waals surface area (Å²) in [6, 6.07) is 8.37. The Hall–Kier alpha value is -0.930. The molecule has 0 saturated heterocycles. The summed E-state index contributed by atoms with van der Waals surface area (Å²) in [6.07, 6.45) is 3.63. The summed E-state index contributed by atoms with van der Waals surface area (Å²) >= 11 is 1.82. The smallest absolute Gasteiger partial charge is 0.0951 e. The standard InChI is InChI=1S/C15H22N2S/c1-3-6-12(2)11-16-10-9-15-17-13-7-4-5-8-14(13)18-15/h4-5,7-8,12,16H,3,6,9-11H2,1-2H3. The van der Waals surface area contributed by atoms with Crippen molar-refractivity contribution in [1.29, 1.82) is 0 Å². The van der Waals surface area contributed by atoms with E-state index in [9.17, 15) is 0 Å². The van der Waals surface area contributed by atoms with Crippen molar-refractivity contribution in [2.75, 3.05) is 13.1 Å².